The third kappa shape index (κ3) is 4.57. The molecule has 0 saturated carbocycles. The Labute approximate surface area is 115 Å². The van der Waals surface area contributed by atoms with Crippen LogP contribution in [0.4, 0.5) is 8.78 Å². The first kappa shape index (κ1) is 16.1. The van der Waals surface area contributed by atoms with E-state index in [1.165, 1.54) is 18.2 Å². The molecule has 0 aliphatic rings. The van der Waals surface area contributed by atoms with Gasteiger partial charge in [0.05, 0.1) is 0 Å². The first-order valence-corrected chi connectivity index (χ1v) is 7.30. The molecule has 0 radical (unpaired) electrons. The Morgan fingerprint density at radius 2 is 1.63 bits per heavy atom. The molecule has 3 heteroatoms. The maximum atomic E-state index is 13.7. The van der Waals surface area contributed by atoms with E-state index in [0.717, 1.165) is 25.8 Å². The smallest absolute Gasteiger partial charge is 0.129 e. The van der Waals surface area contributed by atoms with Crippen LogP contribution in [0.3, 0.4) is 0 Å². The molecule has 1 unspecified atom stereocenters. The molecule has 0 saturated heterocycles. The third-order valence-electron chi connectivity index (χ3n) is 3.76. The van der Waals surface area contributed by atoms with Crippen LogP contribution in [-0.4, -0.2) is 12.6 Å². The van der Waals surface area contributed by atoms with Crippen molar-refractivity contribution in [3.8, 4) is 0 Å². The van der Waals surface area contributed by atoms with Crippen molar-refractivity contribution in [1.29, 1.82) is 0 Å². The Morgan fingerprint density at radius 1 is 1.05 bits per heavy atom. The van der Waals surface area contributed by atoms with Crippen molar-refractivity contribution >= 4 is 0 Å². The Bertz CT molecular complexity index is 355. The molecule has 0 heterocycles. The van der Waals surface area contributed by atoms with E-state index in [1.807, 2.05) is 0 Å². The van der Waals surface area contributed by atoms with Gasteiger partial charge >= 0.3 is 0 Å². The van der Waals surface area contributed by atoms with Gasteiger partial charge in [0.25, 0.3) is 0 Å². The highest BCUT2D eigenvalue weighted by Crippen LogP contribution is 2.21. The van der Waals surface area contributed by atoms with E-state index in [4.69, 9.17) is 0 Å². The lowest BCUT2D eigenvalue weighted by Gasteiger charge is -2.27. The summed E-state index contributed by atoms with van der Waals surface area (Å²) in [5.41, 5.74) is 0.211. The first-order valence-electron chi connectivity index (χ1n) is 7.30. The largest absolute Gasteiger partial charge is 0.313 e. The van der Waals surface area contributed by atoms with Gasteiger partial charge in [0.15, 0.2) is 0 Å². The average Bonchev–Trinajstić information content (AvgIpc) is 2.40. The van der Waals surface area contributed by atoms with Gasteiger partial charge in [-0.25, -0.2) is 8.78 Å². The zero-order valence-corrected chi connectivity index (χ0v) is 12.2. The van der Waals surface area contributed by atoms with E-state index < -0.39 is 11.6 Å². The highest BCUT2D eigenvalue weighted by atomic mass is 19.1. The van der Waals surface area contributed by atoms with Gasteiger partial charge in [-0.3, -0.25) is 0 Å². The van der Waals surface area contributed by atoms with E-state index in [0.29, 0.717) is 12.3 Å². The van der Waals surface area contributed by atoms with Crippen molar-refractivity contribution in [2.75, 3.05) is 6.54 Å². The summed E-state index contributed by atoms with van der Waals surface area (Å²) in [6.45, 7) is 7.25. The molecule has 0 bridgehead atoms. The fourth-order valence-electron chi connectivity index (χ4n) is 2.54. The summed E-state index contributed by atoms with van der Waals surface area (Å²) in [5, 5.41) is 3.44. The van der Waals surface area contributed by atoms with Gasteiger partial charge in [-0.1, -0.05) is 39.7 Å². The zero-order chi connectivity index (χ0) is 14.3. The van der Waals surface area contributed by atoms with E-state index >= 15 is 0 Å². The Hall–Kier alpha value is -0.960. The van der Waals surface area contributed by atoms with Crippen molar-refractivity contribution in [3.63, 3.8) is 0 Å². The summed E-state index contributed by atoms with van der Waals surface area (Å²) in [4.78, 5) is 0. The van der Waals surface area contributed by atoms with Crippen LogP contribution in [0.5, 0.6) is 0 Å². The SMILES string of the molecule is CCCNC(Cc1c(F)cccc1F)C(CC)CC. The van der Waals surface area contributed by atoms with Crippen molar-refractivity contribution in [3.05, 3.63) is 35.4 Å². The Balaban J connectivity index is 2.86. The van der Waals surface area contributed by atoms with Crippen molar-refractivity contribution < 1.29 is 8.78 Å². The van der Waals surface area contributed by atoms with Crippen LogP contribution in [0, 0.1) is 17.6 Å². The normalized spacial score (nSPS) is 12.9. The van der Waals surface area contributed by atoms with Crippen molar-refractivity contribution in [1.82, 2.24) is 5.32 Å². The van der Waals surface area contributed by atoms with E-state index in [1.54, 1.807) is 0 Å². The molecular formula is C16H25F2N. The molecule has 19 heavy (non-hydrogen) atoms. The average molecular weight is 269 g/mol. The third-order valence-corrected chi connectivity index (χ3v) is 3.76. The van der Waals surface area contributed by atoms with Gasteiger partial charge in [0.2, 0.25) is 0 Å². The molecule has 1 aromatic rings. The monoisotopic (exact) mass is 269 g/mol. The highest BCUT2D eigenvalue weighted by molar-refractivity contribution is 5.21. The van der Waals surface area contributed by atoms with Crippen molar-refractivity contribution in [2.45, 2.75) is 52.5 Å². The lowest BCUT2D eigenvalue weighted by atomic mass is 9.89. The number of hydrogen-bond acceptors (Lipinski definition) is 1. The summed E-state index contributed by atoms with van der Waals surface area (Å²) in [7, 11) is 0. The predicted octanol–water partition coefficient (Wildman–Crippen LogP) is 4.31. The molecule has 0 aliphatic carbocycles. The quantitative estimate of drug-likeness (QED) is 0.741. The molecule has 1 rings (SSSR count). The van der Waals surface area contributed by atoms with Gasteiger partial charge < -0.3 is 5.32 Å². The second-order valence-corrected chi connectivity index (χ2v) is 5.04. The summed E-state index contributed by atoms with van der Waals surface area (Å²) in [6.07, 6.45) is 3.49. The molecule has 108 valence electrons. The predicted molar refractivity (Wildman–Crippen MR) is 76.2 cm³/mol. The van der Waals surface area contributed by atoms with Crippen LogP contribution >= 0.6 is 0 Å². The van der Waals surface area contributed by atoms with Crippen LogP contribution in [-0.2, 0) is 6.42 Å². The minimum atomic E-state index is -0.436. The standard InChI is InChI=1S/C16H25F2N/c1-4-10-19-16(12(5-2)6-3)11-13-14(17)8-7-9-15(13)18/h7-9,12,16,19H,4-6,10-11H2,1-3H3. The highest BCUT2D eigenvalue weighted by Gasteiger charge is 2.21. The minimum absolute atomic E-state index is 0.140. The summed E-state index contributed by atoms with van der Waals surface area (Å²) >= 11 is 0. The Morgan fingerprint density at radius 3 is 2.11 bits per heavy atom. The molecule has 1 nitrogen and oxygen atoms in total. The molecule has 1 aromatic carbocycles. The summed E-state index contributed by atoms with van der Waals surface area (Å²) < 4.78 is 27.5. The van der Waals surface area contributed by atoms with E-state index in [9.17, 15) is 8.78 Å². The van der Waals surface area contributed by atoms with Gasteiger partial charge in [-0.15, -0.1) is 0 Å². The van der Waals surface area contributed by atoms with Gasteiger partial charge in [-0.2, -0.15) is 0 Å². The second kappa shape index (κ2) is 8.26. The molecular weight excluding hydrogens is 244 g/mol. The number of benzene rings is 1. The van der Waals surface area contributed by atoms with Gasteiger partial charge in [0, 0.05) is 11.6 Å². The van der Waals surface area contributed by atoms with E-state index in [2.05, 4.69) is 26.1 Å². The number of rotatable bonds is 8. The fourth-order valence-corrected chi connectivity index (χ4v) is 2.54. The molecule has 1 atom stereocenters. The van der Waals surface area contributed by atoms with Crippen LogP contribution in [0.15, 0.2) is 18.2 Å². The first-order chi connectivity index (χ1) is 9.13. The molecule has 0 aliphatic heterocycles. The molecule has 0 spiro atoms. The minimum Gasteiger partial charge on any atom is -0.313 e. The lowest BCUT2D eigenvalue weighted by Crippen LogP contribution is -2.38. The number of halogens is 2. The summed E-state index contributed by atoms with van der Waals surface area (Å²) in [5.74, 6) is -0.422. The molecule has 0 fully saturated rings. The maximum absolute atomic E-state index is 13.7. The zero-order valence-electron chi connectivity index (χ0n) is 12.2. The van der Waals surface area contributed by atoms with Gasteiger partial charge in [0.1, 0.15) is 11.6 Å². The van der Waals surface area contributed by atoms with Crippen LogP contribution < -0.4 is 5.32 Å². The van der Waals surface area contributed by atoms with Crippen LogP contribution in [0.2, 0.25) is 0 Å². The topological polar surface area (TPSA) is 12.0 Å². The number of nitrogens with one attached hydrogen (secondary N) is 1. The second-order valence-electron chi connectivity index (χ2n) is 5.04. The fraction of sp³-hybridized carbons (Fsp3) is 0.625. The van der Waals surface area contributed by atoms with Crippen molar-refractivity contribution in [2.24, 2.45) is 5.92 Å². The Kier molecular flexibility index (Phi) is 7.00. The van der Waals surface area contributed by atoms with E-state index in [-0.39, 0.29) is 11.6 Å². The van der Waals surface area contributed by atoms with Crippen LogP contribution in [0.1, 0.15) is 45.6 Å². The maximum Gasteiger partial charge on any atom is 0.129 e. The van der Waals surface area contributed by atoms with Gasteiger partial charge in [-0.05, 0) is 37.4 Å². The lowest BCUT2D eigenvalue weighted by molar-refractivity contribution is 0.326. The summed E-state index contributed by atoms with van der Waals surface area (Å²) in [6, 6.07) is 4.23. The molecule has 1 N–H and O–H groups in total. The molecule has 0 aromatic heterocycles. The number of hydrogen-bond donors (Lipinski definition) is 1. The van der Waals surface area contributed by atoms with Crippen LogP contribution in [0.25, 0.3) is 0 Å². The molecule has 0 amide bonds.